The summed E-state index contributed by atoms with van der Waals surface area (Å²) in [7, 11) is 5.03. The first kappa shape index (κ1) is 25.4. The number of pyridine rings is 1. The van der Waals surface area contributed by atoms with Crippen molar-refractivity contribution in [2.75, 3.05) is 34.4 Å². The molecule has 1 aliphatic rings. The van der Waals surface area contributed by atoms with Gasteiger partial charge in [-0.05, 0) is 43.4 Å². The van der Waals surface area contributed by atoms with E-state index in [0.717, 1.165) is 12.1 Å². The zero-order valence-corrected chi connectivity index (χ0v) is 21.3. The minimum absolute atomic E-state index is 0.0383. The maximum atomic E-state index is 13.3. The Bertz CT molecular complexity index is 1310. The van der Waals surface area contributed by atoms with Crippen LogP contribution < -0.4 is 9.47 Å². The van der Waals surface area contributed by atoms with E-state index < -0.39 is 0 Å². The normalized spacial score (nSPS) is 14.1. The number of ether oxygens (including phenoxy) is 2. The molecular formula is C26H27ClN4O5. The summed E-state index contributed by atoms with van der Waals surface area (Å²) in [6.07, 6.45) is 1.85. The maximum Gasteiger partial charge on any atom is 0.255 e. The highest BCUT2D eigenvalue weighted by Gasteiger charge is 2.35. The van der Waals surface area contributed by atoms with Crippen LogP contribution in [0.5, 0.6) is 11.5 Å². The molecule has 4 rings (SSSR count). The Hall–Kier alpha value is -3.69. The van der Waals surface area contributed by atoms with Crippen LogP contribution in [0.2, 0.25) is 5.02 Å². The van der Waals surface area contributed by atoms with Gasteiger partial charge in [0.25, 0.3) is 5.89 Å². The number of hydrogen-bond donors (Lipinski definition) is 1. The molecule has 0 unspecified atom stereocenters. The lowest BCUT2D eigenvalue weighted by molar-refractivity contribution is -0.113. The lowest BCUT2D eigenvalue weighted by atomic mass is 9.84. The number of carbonyl (C=O) groups excluding carboxylic acids is 1. The molecule has 188 valence electrons. The number of hydrogen-bond acceptors (Lipinski definition) is 9. The zero-order valence-electron chi connectivity index (χ0n) is 20.5. The Kier molecular flexibility index (Phi) is 7.71. The van der Waals surface area contributed by atoms with Crippen molar-refractivity contribution >= 4 is 28.5 Å². The number of aliphatic hydroxyl groups is 1. The van der Waals surface area contributed by atoms with E-state index in [1.807, 2.05) is 18.9 Å². The number of nitrogens with zero attached hydrogens (tertiary/aromatic N) is 4. The number of benzene rings is 1. The summed E-state index contributed by atoms with van der Waals surface area (Å²) in [5.41, 5.74) is 2.38. The lowest BCUT2D eigenvalue weighted by Crippen LogP contribution is -2.25. The van der Waals surface area contributed by atoms with E-state index in [1.54, 1.807) is 44.6 Å². The number of aromatic nitrogens is 3. The van der Waals surface area contributed by atoms with Crippen molar-refractivity contribution in [1.29, 1.82) is 0 Å². The van der Waals surface area contributed by atoms with Crippen molar-refractivity contribution in [3.8, 4) is 11.5 Å². The van der Waals surface area contributed by atoms with Crippen LogP contribution >= 0.6 is 11.6 Å². The fourth-order valence-electron chi connectivity index (χ4n) is 4.07. The molecular weight excluding hydrogens is 484 g/mol. The van der Waals surface area contributed by atoms with Crippen LogP contribution in [0.3, 0.4) is 0 Å². The number of carbonyl (C=O) groups is 1. The molecule has 36 heavy (non-hydrogen) atoms. The number of halogens is 1. The van der Waals surface area contributed by atoms with Crippen molar-refractivity contribution < 1.29 is 23.8 Å². The zero-order chi connectivity index (χ0) is 25.8. The predicted molar refractivity (Wildman–Crippen MR) is 135 cm³/mol. The van der Waals surface area contributed by atoms with Gasteiger partial charge in [-0.1, -0.05) is 24.6 Å². The van der Waals surface area contributed by atoms with Crippen molar-refractivity contribution in [2.24, 2.45) is 0 Å². The van der Waals surface area contributed by atoms with Crippen molar-refractivity contribution in [1.82, 2.24) is 20.1 Å². The third-order valence-electron chi connectivity index (χ3n) is 5.96. The third-order valence-corrected chi connectivity index (χ3v) is 6.18. The van der Waals surface area contributed by atoms with E-state index in [0.29, 0.717) is 39.9 Å². The minimum Gasteiger partial charge on any atom is -0.506 e. The van der Waals surface area contributed by atoms with Gasteiger partial charge in [0.1, 0.15) is 22.8 Å². The standard InChI is InChI=1S/C26H27ClN4O5/c1-5-31(2)14-15-11-18(32)23(25(33)22(15)24-19(34-3)7-6-8-20(24)35-4)26-30-29-21(36-26)12-17-10-9-16(27)13-28-17/h6-10,13,33H,5,11-12,14H2,1-4H3. The number of rotatable bonds is 9. The second kappa shape index (κ2) is 10.9. The molecule has 1 N–H and O–H groups in total. The molecule has 0 amide bonds. The number of aliphatic hydroxyl groups excluding tert-OH is 1. The van der Waals surface area contributed by atoms with Crippen molar-refractivity contribution in [3.63, 3.8) is 0 Å². The molecule has 1 aliphatic carbocycles. The van der Waals surface area contributed by atoms with Crippen LogP contribution in [0, 0.1) is 0 Å². The van der Waals surface area contributed by atoms with Crippen LogP contribution in [-0.4, -0.2) is 65.3 Å². The lowest BCUT2D eigenvalue weighted by Gasteiger charge is -2.26. The van der Waals surface area contributed by atoms with Crippen LogP contribution in [0.15, 0.2) is 52.3 Å². The summed E-state index contributed by atoms with van der Waals surface area (Å²) in [6.45, 7) is 3.25. The molecule has 2 aromatic heterocycles. The SMILES string of the molecule is CCN(C)CC1=C(c2c(OC)cccc2OC)C(O)=C(c2nnc(Cc3ccc(Cl)cn3)o2)C(=O)C1. The highest BCUT2D eigenvalue weighted by Crippen LogP contribution is 2.45. The van der Waals surface area contributed by atoms with E-state index in [9.17, 15) is 9.90 Å². The summed E-state index contributed by atoms with van der Waals surface area (Å²) >= 11 is 5.90. The maximum absolute atomic E-state index is 13.3. The summed E-state index contributed by atoms with van der Waals surface area (Å²) in [5, 5.41) is 20.2. The predicted octanol–water partition coefficient (Wildman–Crippen LogP) is 4.37. The largest absolute Gasteiger partial charge is 0.506 e. The molecule has 0 saturated carbocycles. The summed E-state index contributed by atoms with van der Waals surface area (Å²) in [6, 6.07) is 8.82. The third kappa shape index (κ3) is 5.12. The van der Waals surface area contributed by atoms with E-state index in [1.165, 1.54) is 6.20 Å². The first-order chi connectivity index (χ1) is 17.4. The van der Waals surface area contributed by atoms with Gasteiger partial charge in [-0.3, -0.25) is 9.78 Å². The molecule has 1 aromatic carbocycles. The smallest absolute Gasteiger partial charge is 0.255 e. The van der Waals surface area contributed by atoms with E-state index in [2.05, 4.69) is 15.2 Å². The van der Waals surface area contributed by atoms with Gasteiger partial charge < -0.3 is 23.9 Å². The second-order valence-electron chi connectivity index (χ2n) is 8.32. The van der Waals surface area contributed by atoms with Crippen LogP contribution in [0.4, 0.5) is 0 Å². The first-order valence-corrected chi connectivity index (χ1v) is 11.8. The second-order valence-corrected chi connectivity index (χ2v) is 8.75. The van der Waals surface area contributed by atoms with Crippen LogP contribution in [0.1, 0.15) is 36.4 Å². The van der Waals surface area contributed by atoms with E-state index in [4.69, 9.17) is 25.5 Å². The van der Waals surface area contributed by atoms with Gasteiger partial charge in [0, 0.05) is 30.4 Å². The van der Waals surface area contributed by atoms with Gasteiger partial charge in [-0.2, -0.15) is 0 Å². The first-order valence-electron chi connectivity index (χ1n) is 11.4. The molecule has 3 aromatic rings. The van der Waals surface area contributed by atoms with E-state index >= 15 is 0 Å². The van der Waals surface area contributed by atoms with Crippen LogP contribution in [-0.2, 0) is 11.2 Å². The van der Waals surface area contributed by atoms with Gasteiger partial charge in [0.2, 0.25) is 5.89 Å². The average Bonchev–Trinajstić information content (AvgIpc) is 3.32. The highest BCUT2D eigenvalue weighted by atomic mass is 35.5. The van der Waals surface area contributed by atoms with Crippen molar-refractivity contribution in [3.05, 3.63) is 75.9 Å². The number of allylic oxidation sites excluding steroid dienone is 2. The van der Waals surface area contributed by atoms with Gasteiger partial charge in [-0.15, -0.1) is 10.2 Å². The molecule has 10 heteroatoms. The van der Waals surface area contributed by atoms with Crippen LogP contribution in [0.25, 0.3) is 11.1 Å². The number of Topliss-reactive ketones (excluding diaryl/α,β-unsaturated/α-hetero) is 1. The topological polar surface area (TPSA) is 111 Å². The molecule has 0 radical (unpaired) electrons. The molecule has 0 aliphatic heterocycles. The average molecular weight is 511 g/mol. The quantitative estimate of drug-likeness (QED) is 0.448. The molecule has 9 nitrogen and oxygen atoms in total. The van der Waals surface area contributed by atoms with Gasteiger partial charge in [-0.25, -0.2) is 0 Å². The van der Waals surface area contributed by atoms with E-state index in [-0.39, 0.29) is 41.7 Å². The molecule has 0 saturated heterocycles. The summed E-state index contributed by atoms with van der Waals surface area (Å²) < 4.78 is 17.0. The fraction of sp³-hybridized carbons (Fsp3) is 0.308. The molecule has 2 heterocycles. The van der Waals surface area contributed by atoms with Gasteiger partial charge >= 0.3 is 0 Å². The number of likely N-dealkylation sites (N-methyl/N-ethyl adjacent to an activating group) is 1. The molecule has 0 fully saturated rings. The number of methoxy groups -OCH3 is 2. The monoisotopic (exact) mass is 510 g/mol. The highest BCUT2D eigenvalue weighted by molar-refractivity contribution is 6.30. The summed E-state index contributed by atoms with van der Waals surface area (Å²) in [4.78, 5) is 19.6. The molecule has 0 atom stereocenters. The molecule has 0 bridgehead atoms. The fourth-order valence-corrected chi connectivity index (χ4v) is 4.18. The molecule has 0 spiro atoms. The van der Waals surface area contributed by atoms with Gasteiger partial charge in [0.05, 0.1) is 31.2 Å². The van der Waals surface area contributed by atoms with Gasteiger partial charge in [0.15, 0.2) is 5.78 Å². The number of ketones is 1. The minimum atomic E-state index is -0.315. The Morgan fingerprint density at radius 2 is 1.83 bits per heavy atom. The Balaban J connectivity index is 1.83. The Morgan fingerprint density at radius 1 is 1.11 bits per heavy atom. The Labute approximate surface area is 214 Å². The summed E-state index contributed by atoms with van der Waals surface area (Å²) in [5.74, 6) is 0.626. The Morgan fingerprint density at radius 3 is 2.44 bits per heavy atom. The van der Waals surface area contributed by atoms with Crippen molar-refractivity contribution in [2.45, 2.75) is 19.8 Å².